The zero-order chi connectivity index (χ0) is 13.4. The molecule has 0 heterocycles. The predicted octanol–water partition coefficient (Wildman–Crippen LogP) is 2.80. The molecule has 0 bridgehead atoms. The van der Waals surface area contributed by atoms with E-state index < -0.39 is 0 Å². The zero-order valence-corrected chi connectivity index (χ0v) is 12.3. The van der Waals surface area contributed by atoms with Crippen LogP contribution in [0.5, 0.6) is 0 Å². The lowest BCUT2D eigenvalue weighted by molar-refractivity contribution is -0.126. The Bertz CT molecular complexity index is 292. The number of hydrogen-bond donors (Lipinski definition) is 1. The maximum absolute atomic E-state index is 12.2. The maximum atomic E-state index is 12.2. The molecule has 1 rings (SSSR count). The Morgan fingerprint density at radius 2 is 2.33 bits per heavy atom. The van der Waals surface area contributed by atoms with E-state index in [9.17, 15) is 4.79 Å². The van der Waals surface area contributed by atoms with Crippen molar-refractivity contribution in [3.8, 4) is 0 Å². The van der Waals surface area contributed by atoms with Gasteiger partial charge in [-0.05, 0) is 39.0 Å². The SMILES string of the molecule is CCN(C(=O)CSC(C)CCO)C1=CCCCC1. The van der Waals surface area contributed by atoms with Crippen molar-refractivity contribution in [2.45, 2.75) is 51.2 Å². The predicted molar refractivity (Wildman–Crippen MR) is 77.6 cm³/mol. The number of nitrogens with zero attached hydrogens (tertiary/aromatic N) is 1. The lowest BCUT2D eigenvalue weighted by Gasteiger charge is -2.26. The highest BCUT2D eigenvalue weighted by molar-refractivity contribution is 8.00. The number of aliphatic hydroxyl groups excluding tert-OH is 1. The van der Waals surface area contributed by atoms with E-state index in [2.05, 4.69) is 13.0 Å². The van der Waals surface area contributed by atoms with E-state index >= 15 is 0 Å². The van der Waals surface area contributed by atoms with E-state index in [0.29, 0.717) is 11.0 Å². The van der Waals surface area contributed by atoms with Crippen LogP contribution >= 0.6 is 11.8 Å². The molecule has 3 nitrogen and oxygen atoms in total. The number of hydrogen-bond acceptors (Lipinski definition) is 3. The second-order valence-corrected chi connectivity index (χ2v) is 6.14. The molecule has 1 unspecified atom stereocenters. The Kier molecular flexibility index (Phi) is 7.44. The van der Waals surface area contributed by atoms with Crippen molar-refractivity contribution in [1.29, 1.82) is 0 Å². The molecule has 0 aromatic carbocycles. The van der Waals surface area contributed by atoms with E-state index in [1.807, 2.05) is 11.8 Å². The molecule has 18 heavy (non-hydrogen) atoms. The molecule has 1 atom stereocenters. The van der Waals surface area contributed by atoms with Crippen LogP contribution in [0.4, 0.5) is 0 Å². The Morgan fingerprint density at radius 3 is 2.89 bits per heavy atom. The number of carbonyl (C=O) groups excluding carboxylic acids is 1. The Hall–Kier alpha value is -0.480. The van der Waals surface area contributed by atoms with Gasteiger partial charge in [-0.25, -0.2) is 0 Å². The lowest BCUT2D eigenvalue weighted by atomic mass is 10.0. The van der Waals surface area contributed by atoms with Crippen molar-refractivity contribution in [3.63, 3.8) is 0 Å². The minimum atomic E-state index is 0.199. The van der Waals surface area contributed by atoms with Crippen molar-refractivity contribution >= 4 is 17.7 Å². The van der Waals surface area contributed by atoms with Gasteiger partial charge in [-0.1, -0.05) is 13.0 Å². The first-order chi connectivity index (χ1) is 8.69. The summed E-state index contributed by atoms with van der Waals surface area (Å²) in [5.41, 5.74) is 1.21. The van der Waals surface area contributed by atoms with Crippen LogP contribution in [-0.2, 0) is 4.79 Å². The van der Waals surface area contributed by atoms with Crippen LogP contribution in [0.2, 0.25) is 0 Å². The molecule has 1 aliphatic rings. The highest BCUT2D eigenvalue weighted by atomic mass is 32.2. The summed E-state index contributed by atoms with van der Waals surface area (Å²) < 4.78 is 0. The van der Waals surface area contributed by atoms with Gasteiger partial charge < -0.3 is 10.0 Å². The number of allylic oxidation sites excluding steroid dienone is 2. The summed E-state index contributed by atoms with van der Waals surface area (Å²) in [6.45, 7) is 5.06. The first-order valence-electron chi connectivity index (χ1n) is 6.90. The van der Waals surface area contributed by atoms with Gasteiger partial charge in [-0.15, -0.1) is 11.8 Å². The zero-order valence-electron chi connectivity index (χ0n) is 11.5. The normalized spacial score (nSPS) is 17.2. The molecule has 0 spiro atoms. The minimum Gasteiger partial charge on any atom is -0.396 e. The third-order valence-electron chi connectivity index (χ3n) is 3.26. The first-order valence-corrected chi connectivity index (χ1v) is 7.95. The third kappa shape index (κ3) is 5.02. The van der Waals surface area contributed by atoms with Crippen LogP contribution in [0.15, 0.2) is 11.8 Å². The lowest BCUT2D eigenvalue weighted by Crippen LogP contribution is -2.32. The van der Waals surface area contributed by atoms with Crippen molar-refractivity contribution in [1.82, 2.24) is 4.90 Å². The average molecular weight is 271 g/mol. The van der Waals surface area contributed by atoms with E-state index in [-0.39, 0.29) is 12.5 Å². The van der Waals surface area contributed by atoms with E-state index in [0.717, 1.165) is 25.8 Å². The summed E-state index contributed by atoms with van der Waals surface area (Å²) in [5, 5.41) is 9.19. The van der Waals surface area contributed by atoms with Crippen molar-refractivity contribution < 1.29 is 9.90 Å². The average Bonchev–Trinajstić information content (AvgIpc) is 2.39. The number of carbonyl (C=O) groups is 1. The third-order valence-corrected chi connectivity index (χ3v) is 4.48. The Balaban J connectivity index is 2.44. The highest BCUT2D eigenvalue weighted by Crippen LogP contribution is 2.22. The summed E-state index contributed by atoms with van der Waals surface area (Å²) in [6.07, 6.45) is 7.56. The molecule has 1 N–H and O–H groups in total. The Labute approximate surface area is 115 Å². The van der Waals surface area contributed by atoms with Gasteiger partial charge in [0.2, 0.25) is 5.91 Å². The second-order valence-electron chi connectivity index (χ2n) is 4.71. The van der Waals surface area contributed by atoms with Crippen molar-refractivity contribution in [2.24, 2.45) is 0 Å². The summed E-state index contributed by atoms with van der Waals surface area (Å²) in [4.78, 5) is 14.1. The maximum Gasteiger partial charge on any atom is 0.236 e. The molecular formula is C14H25NO2S. The first kappa shape index (κ1) is 15.6. The molecule has 1 aliphatic carbocycles. The highest BCUT2D eigenvalue weighted by Gasteiger charge is 2.18. The summed E-state index contributed by atoms with van der Waals surface area (Å²) in [5.74, 6) is 0.729. The monoisotopic (exact) mass is 271 g/mol. The number of amides is 1. The van der Waals surface area contributed by atoms with Crippen molar-refractivity contribution in [2.75, 3.05) is 18.9 Å². The molecule has 104 valence electrons. The Morgan fingerprint density at radius 1 is 1.56 bits per heavy atom. The quantitative estimate of drug-likeness (QED) is 0.774. The summed E-state index contributed by atoms with van der Waals surface area (Å²) in [6, 6.07) is 0. The molecule has 0 radical (unpaired) electrons. The van der Waals surface area contributed by atoms with Gasteiger partial charge in [0.05, 0.1) is 5.75 Å². The number of aliphatic hydroxyl groups is 1. The molecule has 0 aromatic heterocycles. The molecule has 4 heteroatoms. The largest absolute Gasteiger partial charge is 0.396 e. The van der Waals surface area contributed by atoms with Gasteiger partial charge in [0, 0.05) is 24.1 Å². The van der Waals surface area contributed by atoms with Crippen LogP contribution < -0.4 is 0 Å². The molecule has 0 fully saturated rings. The van der Waals surface area contributed by atoms with Crippen LogP contribution in [-0.4, -0.2) is 40.1 Å². The van der Waals surface area contributed by atoms with Crippen molar-refractivity contribution in [3.05, 3.63) is 11.8 Å². The minimum absolute atomic E-state index is 0.199. The van der Waals surface area contributed by atoms with Crippen LogP contribution in [0, 0.1) is 0 Å². The fourth-order valence-electron chi connectivity index (χ4n) is 2.16. The molecule has 0 aromatic rings. The fraction of sp³-hybridized carbons (Fsp3) is 0.786. The fourth-order valence-corrected chi connectivity index (χ4v) is 3.02. The van der Waals surface area contributed by atoms with E-state index in [1.54, 1.807) is 11.8 Å². The molecule has 0 saturated carbocycles. The molecular weight excluding hydrogens is 246 g/mol. The molecule has 0 aliphatic heterocycles. The van der Waals surface area contributed by atoms with Crippen LogP contribution in [0.25, 0.3) is 0 Å². The van der Waals surface area contributed by atoms with E-state index in [4.69, 9.17) is 5.11 Å². The summed E-state index contributed by atoms with van der Waals surface area (Å²) in [7, 11) is 0. The number of rotatable bonds is 7. The van der Waals surface area contributed by atoms with Gasteiger partial charge in [-0.2, -0.15) is 0 Å². The van der Waals surface area contributed by atoms with Crippen LogP contribution in [0.1, 0.15) is 46.0 Å². The summed E-state index contributed by atoms with van der Waals surface area (Å²) >= 11 is 1.64. The molecule has 1 amide bonds. The smallest absolute Gasteiger partial charge is 0.236 e. The van der Waals surface area contributed by atoms with Gasteiger partial charge in [0.15, 0.2) is 0 Å². The second kappa shape index (κ2) is 8.59. The standard InChI is InChI=1S/C14H25NO2S/c1-3-15(13-7-5-4-6-8-13)14(17)11-18-12(2)9-10-16/h7,12,16H,3-6,8-11H2,1-2H3. The topological polar surface area (TPSA) is 40.5 Å². The van der Waals surface area contributed by atoms with E-state index in [1.165, 1.54) is 18.5 Å². The van der Waals surface area contributed by atoms with Gasteiger partial charge in [0.25, 0.3) is 0 Å². The number of thioether (sulfide) groups is 1. The van der Waals surface area contributed by atoms with Gasteiger partial charge >= 0.3 is 0 Å². The van der Waals surface area contributed by atoms with Gasteiger partial charge in [0.1, 0.15) is 0 Å². The molecule has 0 saturated heterocycles. The van der Waals surface area contributed by atoms with Gasteiger partial charge in [-0.3, -0.25) is 4.79 Å². The van der Waals surface area contributed by atoms with Crippen LogP contribution in [0.3, 0.4) is 0 Å².